The Labute approximate surface area is 170 Å². The van der Waals surface area contributed by atoms with Crippen molar-refractivity contribution in [3.8, 4) is 5.75 Å². The van der Waals surface area contributed by atoms with E-state index in [-0.39, 0.29) is 11.4 Å². The second kappa shape index (κ2) is 7.94. The molecule has 3 aromatic rings. The number of pyridine rings is 1. The van der Waals surface area contributed by atoms with Gasteiger partial charge in [-0.1, -0.05) is 30.3 Å². The van der Waals surface area contributed by atoms with Gasteiger partial charge in [-0.05, 0) is 47.9 Å². The van der Waals surface area contributed by atoms with Crippen molar-refractivity contribution in [1.29, 1.82) is 0 Å². The summed E-state index contributed by atoms with van der Waals surface area (Å²) in [6.07, 6.45) is 2.71. The predicted octanol–water partition coefficient (Wildman–Crippen LogP) is 2.94. The van der Waals surface area contributed by atoms with Crippen molar-refractivity contribution in [1.82, 2.24) is 9.29 Å². The molecule has 0 aliphatic carbocycles. The second-order valence-corrected chi connectivity index (χ2v) is 8.87. The van der Waals surface area contributed by atoms with Crippen LogP contribution in [0.3, 0.4) is 0 Å². The van der Waals surface area contributed by atoms with Crippen molar-refractivity contribution in [2.75, 3.05) is 7.11 Å². The standard InChI is InChI=1S/C22H22N2O4S/c1-28-18-8-6-16(7-9-18)14-20-22(25)19-4-2-3-5-21(19)29(26,27)24(20)15-17-10-12-23-13-11-17/h2-13,20,22,25H,14-15H2,1H3/t20-,22+/m1/s1. The molecule has 150 valence electrons. The zero-order chi connectivity index (χ0) is 20.4. The average Bonchev–Trinajstić information content (AvgIpc) is 2.76. The normalized spacial score (nSPS) is 20.8. The molecule has 0 unspecified atom stereocenters. The van der Waals surface area contributed by atoms with Crippen molar-refractivity contribution in [2.24, 2.45) is 0 Å². The number of aromatic nitrogens is 1. The number of rotatable bonds is 5. The molecular formula is C22H22N2O4S. The van der Waals surface area contributed by atoms with E-state index in [4.69, 9.17) is 4.74 Å². The third-order valence-corrected chi connectivity index (χ3v) is 7.20. The first kappa shape index (κ1) is 19.6. The minimum atomic E-state index is -3.77. The van der Waals surface area contributed by atoms with Crippen molar-refractivity contribution >= 4 is 10.0 Å². The molecule has 1 aliphatic heterocycles. The van der Waals surface area contributed by atoms with Crippen LogP contribution in [0.1, 0.15) is 22.8 Å². The third-order valence-electron chi connectivity index (χ3n) is 5.25. The Morgan fingerprint density at radius 3 is 2.38 bits per heavy atom. The number of sulfonamides is 1. The first-order valence-corrected chi connectivity index (χ1v) is 10.8. The third kappa shape index (κ3) is 3.76. The lowest BCUT2D eigenvalue weighted by molar-refractivity contribution is 0.0769. The Morgan fingerprint density at radius 2 is 1.69 bits per heavy atom. The van der Waals surface area contributed by atoms with Gasteiger partial charge in [-0.25, -0.2) is 8.42 Å². The molecule has 2 atom stereocenters. The van der Waals surface area contributed by atoms with Crippen LogP contribution >= 0.6 is 0 Å². The van der Waals surface area contributed by atoms with Crippen molar-refractivity contribution < 1.29 is 18.3 Å². The highest BCUT2D eigenvalue weighted by atomic mass is 32.2. The van der Waals surface area contributed by atoms with Crippen molar-refractivity contribution in [3.05, 3.63) is 89.7 Å². The molecule has 0 radical (unpaired) electrons. The summed E-state index contributed by atoms with van der Waals surface area (Å²) in [6.45, 7) is 0.164. The zero-order valence-corrected chi connectivity index (χ0v) is 16.8. The fourth-order valence-electron chi connectivity index (χ4n) is 3.72. The molecule has 0 bridgehead atoms. The minimum Gasteiger partial charge on any atom is -0.497 e. The number of aliphatic hydroxyl groups excluding tert-OH is 1. The molecule has 0 fully saturated rings. The Kier molecular flexibility index (Phi) is 5.36. The summed E-state index contributed by atoms with van der Waals surface area (Å²) in [5.41, 5.74) is 2.18. The summed E-state index contributed by atoms with van der Waals surface area (Å²) in [4.78, 5) is 4.16. The quantitative estimate of drug-likeness (QED) is 0.700. The molecule has 1 aliphatic rings. The van der Waals surface area contributed by atoms with Crippen LogP contribution in [-0.2, 0) is 23.0 Å². The molecule has 6 nitrogen and oxygen atoms in total. The van der Waals surface area contributed by atoms with Gasteiger partial charge < -0.3 is 9.84 Å². The van der Waals surface area contributed by atoms with E-state index in [9.17, 15) is 13.5 Å². The highest BCUT2D eigenvalue weighted by molar-refractivity contribution is 7.89. The number of benzene rings is 2. The van der Waals surface area contributed by atoms with E-state index in [0.29, 0.717) is 12.0 Å². The van der Waals surface area contributed by atoms with Gasteiger partial charge in [0.25, 0.3) is 0 Å². The summed E-state index contributed by atoms with van der Waals surface area (Å²) in [5.74, 6) is 0.726. The van der Waals surface area contributed by atoms with Gasteiger partial charge in [0.1, 0.15) is 5.75 Å². The highest BCUT2D eigenvalue weighted by Crippen LogP contribution is 2.39. The molecule has 0 amide bonds. The van der Waals surface area contributed by atoms with E-state index in [0.717, 1.165) is 16.9 Å². The SMILES string of the molecule is COc1ccc(C[C@@H]2[C@@H](O)c3ccccc3S(=O)(=O)N2Cc2ccncc2)cc1. The molecule has 1 aromatic heterocycles. The lowest BCUT2D eigenvalue weighted by atomic mass is 9.95. The van der Waals surface area contributed by atoms with Gasteiger partial charge >= 0.3 is 0 Å². The van der Waals surface area contributed by atoms with Crippen LogP contribution in [-0.4, -0.2) is 36.0 Å². The Bertz CT molecular complexity index is 1090. The van der Waals surface area contributed by atoms with Crippen molar-refractivity contribution in [2.45, 2.75) is 30.0 Å². The van der Waals surface area contributed by atoms with Crippen LogP contribution in [0, 0.1) is 0 Å². The van der Waals surface area contributed by atoms with Gasteiger partial charge in [0, 0.05) is 24.5 Å². The molecule has 0 spiro atoms. The fraction of sp³-hybridized carbons (Fsp3) is 0.227. The number of ether oxygens (including phenoxy) is 1. The minimum absolute atomic E-state index is 0.160. The number of hydrogen-bond donors (Lipinski definition) is 1. The maximum atomic E-state index is 13.4. The second-order valence-electron chi connectivity index (χ2n) is 7.01. The number of hydrogen-bond acceptors (Lipinski definition) is 5. The number of methoxy groups -OCH3 is 1. The summed E-state index contributed by atoms with van der Waals surface area (Å²) < 4.78 is 33.5. The van der Waals surface area contributed by atoms with Crippen LogP contribution in [0.5, 0.6) is 5.75 Å². The molecule has 0 saturated heterocycles. The van der Waals surface area contributed by atoms with E-state index in [1.807, 2.05) is 24.3 Å². The maximum Gasteiger partial charge on any atom is 0.244 e. The molecule has 7 heteroatoms. The van der Waals surface area contributed by atoms with Crippen LogP contribution in [0.15, 0.2) is 78.0 Å². The number of fused-ring (bicyclic) bond motifs is 1. The monoisotopic (exact) mass is 410 g/mol. The summed E-state index contributed by atoms with van der Waals surface area (Å²) in [6, 6.07) is 17.1. The Morgan fingerprint density at radius 1 is 1.00 bits per heavy atom. The molecular weight excluding hydrogens is 388 g/mol. The highest BCUT2D eigenvalue weighted by Gasteiger charge is 2.43. The largest absolute Gasteiger partial charge is 0.497 e. The predicted molar refractivity (Wildman–Crippen MR) is 109 cm³/mol. The molecule has 2 heterocycles. The van der Waals surface area contributed by atoms with E-state index >= 15 is 0 Å². The van der Waals surface area contributed by atoms with Gasteiger partial charge in [0.15, 0.2) is 0 Å². The van der Waals surface area contributed by atoms with Gasteiger partial charge in [-0.3, -0.25) is 4.98 Å². The number of aliphatic hydroxyl groups is 1. The molecule has 2 aromatic carbocycles. The summed E-state index contributed by atoms with van der Waals surface area (Å²) in [7, 11) is -2.17. The van der Waals surface area contributed by atoms with E-state index in [1.165, 1.54) is 4.31 Å². The lowest BCUT2D eigenvalue weighted by Gasteiger charge is -2.39. The summed E-state index contributed by atoms with van der Waals surface area (Å²) >= 11 is 0. The lowest BCUT2D eigenvalue weighted by Crippen LogP contribution is -2.48. The Hall–Kier alpha value is -2.74. The maximum absolute atomic E-state index is 13.4. The van der Waals surface area contributed by atoms with Gasteiger partial charge in [-0.15, -0.1) is 0 Å². The molecule has 29 heavy (non-hydrogen) atoms. The molecule has 4 rings (SSSR count). The topological polar surface area (TPSA) is 79.7 Å². The fourth-order valence-corrected chi connectivity index (χ4v) is 5.57. The Balaban J connectivity index is 1.76. The van der Waals surface area contributed by atoms with Crippen LogP contribution in [0.25, 0.3) is 0 Å². The first-order valence-electron chi connectivity index (χ1n) is 9.31. The van der Waals surface area contributed by atoms with Crippen LogP contribution in [0.4, 0.5) is 0 Å². The van der Waals surface area contributed by atoms with Crippen LogP contribution < -0.4 is 4.74 Å². The van der Waals surface area contributed by atoms with Crippen molar-refractivity contribution in [3.63, 3.8) is 0 Å². The number of nitrogens with zero attached hydrogens (tertiary/aromatic N) is 2. The van der Waals surface area contributed by atoms with E-state index in [2.05, 4.69) is 4.98 Å². The smallest absolute Gasteiger partial charge is 0.244 e. The first-order chi connectivity index (χ1) is 14.0. The zero-order valence-electron chi connectivity index (χ0n) is 16.0. The van der Waals surface area contributed by atoms with E-state index in [1.54, 1.807) is 55.9 Å². The summed E-state index contributed by atoms with van der Waals surface area (Å²) in [5, 5.41) is 11.1. The van der Waals surface area contributed by atoms with Gasteiger partial charge in [0.2, 0.25) is 10.0 Å². The van der Waals surface area contributed by atoms with Gasteiger partial charge in [0.05, 0.1) is 24.2 Å². The van der Waals surface area contributed by atoms with Gasteiger partial charge in [-0.2, -0.15) is 4.31 Å². The molecule has 1 N–H and O–H groups in total. The molecule has 0 saturated carbocycles. The van der Waals surface area contributed by atoms with Crippen LogP contribution in [0.2, 0.25) is 0 Å². The van der Waals surface area contributed by atoms with E-state index < -0.39 is 22.2 Å². The average molecular weight is 410 g/mol.